The van der Waals surface area contributed by atoms with E-state index in [-0.39, 0.29) is 30.1 Å². The van der Waals surface area contributed by atoms with Crippen molar-refractivity contribution in [3.8, 4) is 11.1 Å². The second kappa shape index (κ2) is 8.56. The van der Waals surface area contributed by atoms with Crippen molar-refractivity contribution < 1.29 is 18.7 Å². The van der Waals surface area contributed by atoms with Crippen LogP contribution in [0, 0.1) is 11.7 Å². The summed E-state index contributed by atoms with van der Waals surface area (Å²) in [5.74, 6) is -0.191. The third kappa shape index (κ3) is 4.38. The van der Waals surface area contributed by atoms with Gasteiger partial charge >= 0.3 is 0 Å². The summed E-state index contributed by atoms with van der Waals surface area (Å²) in [6.45, 7) is 3.53. The molecule has 2 aromatic rings. The summed E-state index contributed by atoms with van der Waals surface area (Å²) in [5, 5.41) is 2.89. The zero-order valence-corrected chi connectivity index (χ0v) is 17.2. The Balaban J connectivity index is 1.55. The van der Waals surface area contributed by atoms with Gasteiger partial charge in [-0.15, -0.1) is 0 Å². The molecular weight excluding hydrogens is 383 g/mol. The van der Waals surface area contributed by atoms with Crippen LogP contribution in [0.2, 0.25) is 0 Å². The van der Waals surface area contributed by atoms with Crippen molar-refractivity contribution in [1.29, 1.82) is 0 Å². The van der Waals surface area contributed by atoms with Gasteiger partial charge in [0.2, 0.25) is 5.91 Å². The van der Waals surface area contributed by atoms with E-state index >= 15 is 0 Å². The van der Waals surface area contributed by atoms with Crippen LogP contribution in [0.4, 0.5) is 4.39 Å². The fraction of sp³-hybridized carbons (Fsp3) is 0.417. The number of ether oxygens (including phenoxy) is 1. The van der Waals surface area contributed by atoms with Gasteiger partial charge in [-0.25, -0.2) is 4.39 Å². The number of hydrogen-bond donors (Lipinski definition) is 1. The van der Waals surface area contributed by atoms with E-state index in [1.807, 2.05) is 31.2 Å². The molecule has 2 amide bonds. The quantitative estimate of drug-likeness (QED) is 0.796. The molecule has 1 aliphatic heterocycles. The van der Waals surface area contributed by atoms with E-state index in [4.69, 9.17) is 4.74 Å². The SMILES string of the molecule is CCNC(=O)[C@@]1(Cc2ccc(-c3ccc(F)cc3)cc2)CN(C(=O)C2CC2)CCO1. The Morgan fingerprint density at radius 2 is 1.73 bits per heavy atom. The molecule has 0 radical (unpaired) electrons. The van der Waals surface area contributed by atoms with Crippen LogP contribution in [-0.2, 0) is 20.7 Å². The van der Waals surface area contributed by atoms with E-state index in [9.17, 15) is 14.0 Å². The van der Waals surface area contributed by atoms with Crippen LogP contribution in [0.15, 0.2) is 48.5 Å². The second-order valence-electron chi connectivity index (χ2n) is 8.12. The first-order valence-electron chi connectivity index (χ1n) is 10.6. The Kier molecular flexibility index (Phi) is 5.86. The molecule has 1 saturated carbocycles. The topological polar surface area (TPSA) is 58.6 Å². The summed E-state index contributed by atoms with van der Waals surface area (Å²) < 4.78 is 19.2. The average Bonchev–Trinajstić information content (AvgIpc) is 3.60. The smallest absolute Gasteiger partial charge is 0.254 e. The number of morpholine rings is 1. The molecule has 4 rings (SSSR count). The van der Waals surface area contributed by atoms with Gasteiger partial charge in [-0.2, -0.15) is 0 Å². The monoisotopic (exact) mass is 410 g/mol. The van der Waals surface area contributed by atoms with Gasteiger partial charge in [0.15, 0.2) is 5.60 Å². The van der Waals surface area contributed by atoms with Crippen molar-refractivity contribution in [1.82, 2.24) is 10.2 Å². The first-order chi connectivity index (χ1) is 14.5. The minimum atomic E-state index is -1.09. The number of carbonyl (C=O) groups excluding carboxylic acids is 2. The van der Waals surface area contributed by atoms with Gasteiger partial charge in [-0.3, -0.25) is 9.59 Å². The van der Waals surface area contributed by atoms with E-state index < -0.39 is 5.60 Å². The van der Waals surface area contributed by atoms with Gasteiger partial charge < -0.3 is 15.0 Å². The second-order valence-corrected chi connectivity index (χ2v) is 8.12. The Morgan fingerprint density at radius 1 is 1.10 bits per heavy atom. The number of benzene rings is 2. The Morgan fingerprint density at radius 3 is 2.33 bits per heavy atom. The maximum absolute atomic E-state index is 13.2. The number of nitrogens with zero attached hydrogens (tertiary/aromatic N) is 1. The van der Waals surface area contributed by atoms with Crippen LogP contribution in [0.5, 0.6) is 0 Å². The lowest BCUT2D eigenvalue weighted by Crippen LogP contribution is -2.62. The van der Waals surface area contributed by atoms with Crippen molar-refractivity contribution in [2.45, 2.75) is 31.8 Å². The Labute approximate surface area is 176 Å². The van der Waals surface area contributed by atoms with Gasteiger partial charge in [0.25, 0.3) is 5.91 Å². The van der Waals surface area contributed by atoms with Crippen LogP contribution in [0.3, 0.4) is 0 Å². The largest absolute Gasteiger partial charge is 0.361 e. The molecule has 30 heavy (non-hydrogen) atoms. The molecule has 158 valence electrons. The predicted molar refractivity (Wildman–Crippen MR) is 112 cm³/mol. The number of amides is 2. The summed E-state index contributed by atoms with van der Waals surface area (Å²) in [4.78, 5) is 27.4. The molecule has 0 spiro atoms. The number of carbonyl (C=O) groups is 2. The van der Waals surface area contributed by atoms with Crippen molar-refractivity contribution >= 4 is 11.8 Å². The lowest BCUT2D eigenvalue weighted by atomic mass is 9.90. The van der Waals surface area contributed by atoms with Crippen LogP contribution >= 0.6 is 0 Å². The third-order valence-corrected chi connectivity index (χ3v) is 5.80. The summed E-state index contributed by atoms with van der Waals surface area (Å²) in [5.41, 5.74) is 1.76. The normalized spacial score (nSPS) is 21.3. The zero-order valence-electron chi connectivity index (χ0n) is 17.2. The zero-order chi connectivity index (χ0) is 21.1. The standard InChI is InChI=1S/C24H27FN2O3/c1-2-26-23(29)24(16-27(13-14-30-24)22(28)20-7-8-20)15-17-3-5-18(6-4-17)19-9-11-21(25)12-10-19/h3-6,9-12,20H,2,7-8,13-16H2,1H3,(H,26,29)/t24-/m1/s1. The highest BCUT2D eigenvalue weighted by Crippen LogP contribution is 2.33. The molecule has 0 bridgehead atoms. The Bertz CT molecular complexity index is 909. The predicted octanol–water partition coefficient (Wildman–Crippen LogP) is 3.18. The van der Waals surface area contributed by atoms with Gasteiger partial charge in [0.1, 0.15) is 5.82 Å². The fourth-order valence-electron chi connectivity index (χ4n) is 3.99. The molecule has 1 aliphatic carbocycles. The van der Waals surface area contributed by atoms with Gasteiger partial charge in [0.05, 0.1) is 13.2 Å². The average molecular weight is 410 g/mol. The van der Waals surface area contributed by atoms with Crippen LogP contribution in [0.1, 0.15) is 25.3 Å². The molecule has 5 nitrogen and oxygen atoms in total. The van der Waals surface area contributed by atoms with E-state index in [1.165, 1.54) is 12.1 Å². The van der Waals surface area contributed by atoms with E-state index in [0.29, 0.717) is 26.1 Å². The minimum Gasteiger partial charge on any atom is -0.361 e. The molecule has 1 saturated heterocycles. The van der Waals surface area contributed by atoms with Crippen molar-refractivity contribution in [3.05, 3.63) is 59.9 Å². The molecule has 2 aliphatic rings. The summed E-state index contributed by atoms with van der Waals surface area (Å²) in [7, 11) is 0. The maximum atomic E-state index is 13.2. The number of rotatable bonds is 6. The van der Waals surface area contributed by atoms with Gasteiger partial charge in [-0.05, 0) is 48.6 Å². The summed E-state index contributed by atoms with van der Waals surface area (Å²) in [6.07, 6.45) is 2.27. The van der Waals surface area contributed by atoms with Crippen molar-refractivity contribution in [3.63, 3.8) is 0 Å². The molecule has 6 heteroatoms. The number of halogens is 1. The van der Waals surface area contributed by atoms with Crippen molar-refractivity contribution in [2.24, 2.45) is 5.92 Å². The molecule has 0 unspecified atom stereocenters. The number of likely N-dealkylation sites (N-methyl/N-ethyl adjacent to an activating group) is 1. The van der Waals surface area contributed by atoms with E-state index in [1.54, 1.807) is 17.0 Å². The summed E-state index contributed by atoms with van der Waals surface area (Å²) >= 11 is 0. The van der Waals surface area contributed by atoms with E-state index in [2.05, 4.69) is 5.32 Å². The molecule has 2 fully saturated rings. The molecule has 1 heterocycles. The van der Waals surface area contributed by atoms with Crippen LogP contribution < -0.4 is 5.32 Å². The highest BCUT2D eigenvalue weighted by molar-refractivity contribution is 5.88. The highest BCUT2D eigenvalue weighted by atomic mass is 19.1. The minimum absolute atomic E-state index is 0.116. The number of nitrogens with one attached hydrogen (secondary N) is 1. The molecule has 2 aromatic carbocycles. The molecule has 1 atom stereocenters. The van der Waals surface area contributed by atoms with Crippen molar-refractivity contribution in [2.75, 3.05) is 26.2 Å². The number of hydrogen-bond acceptors (Lipinski definition) is 3. The fourth-order valence-corrected chi connectivity index (χ4v) is 3.99. The van der Waals surface area contributed by atoms with Crippen LogP contribution in [-0.4, -0.2) is 48.6 Å². The molecule has 0 aromatic heterocycles. The molecule has 1 N–H and O–H groups in total. The van der Waals surface area contributed by atoms with Crippen LogP contribution in [0.25, 0.3) is 11.1 Å². The van der Waals surface area contributed by atoms with Gasteiger partial charge in [0, 0.05) is 25.4 Å². The lowest BCUT2D eigenvalue weighted by Gasteiger charge is -2.41. The lowest BCUT2D eigenvalue weighted by molar-refractivity contribution is -0.166. The maximum Gasteiger partial charge on any atom is 0.254 e. The van der Waals surface area contributed by atoms with Gasteiger partial charge in [-0.1, -0.05) is 36.4 Å². The summed E-state index contributed by atoms with van der Waals surface area (Å²) in [6, 6.07) is 14.2. The highest BCUT2D eigenvalue weighted by Gasteiger charge is 2.46. The molecular formula is C24H27FN2O3. The third-order valence-electron chi connectivity index (χ3n) is 5.80. The van der Waals surface area contributed by atoms with E-state index in [0.717, 1.165) is 29.5 Å². The first-order valence-corrected chi connectivity index (χ1v) is 10.6. The Hall–Kier alpha value is -2.73. The first kappa shape index (κ1) is 20.5.